The lowest BCUT2D eigenvalue weighted by atomic mass is 10.0. The Morgan fingerprint density at radius 2 is 2.06 bits per heavy atom. The predicted molar refractivity (Wildman–Crippen MR) is 71.1 cm³/mol. The van der Waals surface area contributed by atoms with Crippen LogP contribution in [0.3, 0.4) is 0 Å². The summed E-state index contributed by atoms with van der Waals surface area (Å²) in [6, 6.07) is -0.0250. The van der Waals surface area contributed by atoms with Crippen molar-refractivity contribution in [3.05, 3.63) is 0 Å². The molecule has 2 aliphatic rings. The Bertz CT molecular complexity index is 277. The van der Waals surface area contributed by atoms with Crippen LogP contribution in [0.4, 0.5) is 0 Å². The summed E-state index contributed by atoms with van der Waals surface area (Å²) in [5, 5.41) is 13.1. The van der Waals surface area contributed by atoms with Crippen molar-refractivity contribution in [3.8, 4) is 0 Å². The first-order valence-corrected chi connectivity index (χ1v) is 7.73. The highest BCUT2D eigenvalue weighted by Gasteiger charge is 2.38. The smallest absolute Gasteiger partial charge is 0.236 e. The second-order valence-corrected chi connectivity index (χ2v) is 7.07. The van der Waals surface area contributed by atoms with Gasteiger partial charge in [0.25, 0.3) is 0 Å². The molecule has 1 saturated carbocycles. The molecule has 1 aliphatic carbocycles. The fourth-order valence-corrected chi connectivity index (χ4v) is 3.95. The Hall–Kier alpha value is -0.220. The number of hydrogen-bond acceptors (Lipinski definition) is 3. The van der Waals surface area contributed by atoms with Crippen LogP contribution in [0.2, 0.25) is 0 Å². The highest BCUT2D eigenvalue weighted by molar-refractivity contribution is 8.01. The molecule has 0 aromatic rings. The number of thioether (sulfide) groups is 1. The Morgan fingerprint density at radius 1 is 1.29 bits per heavy atom. The molecule has 3 nitrogen and oxygen atoms in total. The van der Waals surface area contributed by atoms with Crippen LogP contribution in [0.15, 0.2) is 0 Å². The predicted octanol–water partition coefficient (Wildman–Crippen LogP) is 2.08. The summed E-state index contributed by atoms with van der Waals surface area (Å²) in [6.07, 6.45) is 6.87. The zero-order valence-corrected chi connectivity index (χ0v) is 11.4. The summed E-state index contributed by atoms with van der Waals surface area (Å²) in [4.78, 5) is 12.3. The van der Waals surface area contributed by atoms with Gasteiger partial charge in [0.2, 0.25) is 5.91 Å². The maximum Gasteiger partial charge on any atom is 0.236 e. The van der Waals surface area contributed by atoms with Gasteiger partial charge in [0.1, 0.15) is 0 Å². The molecule has 1 heterocycles. The van der Waals surface area contributed by atoms with E-state index in [0.717, 1.165) is 44.3 Å². The van der Waals surface area contributed by atoms with E-state index >= 15 is 0 Å². The van der Waals surface area contributed by atoms with Crippen LogP contribution in [-0.4, -0.2) is 33.7 Å². The van der Waals surface area contributed by atoms with Crippen LogP contribution >= 0.6 is 11.8 Å². The van der Waals surface area contributed by atoms with Crippen molar-refractivity contribution in [2.75, 3.05) is 5.75 Å². The minimum Gasteiger partial charge on any atom is -0.391 e. The lowest BCUT2D eigenvalue weighted by Gasteiger charge is -2.28. The molecule has 1 saturated heterocycles. The molecule has 1 amide bonds. The molecule has 0 spiro atoms. The summed E-state index contributed by atoms with van der Waals surface area (Å²) in [6.45, 7) is 2.03. The Morgan fingerprint density at radius 3 is 2.76 bits per heavy atom. The van der Waals surface area contributed by atoms with E-state index in [9.17, 15) is 9.90 Å². The number of nitrogens with one attached hydrogen (secondary N) is 1. The largest absolute Gasteiger partial charge is 0.391 e. The lowest BCUT2D eigenvalue weighted by molar-refractivity contribution is -0.124. The number of aliphatic hydroxyl groups is 1. The molecule has 2 N–H and O–H groups in total. The van der Waals surface area contributed by atoms with E-state index in [1.54, 1.807) is 11.8 Å². The molecule has 4 heteroatoms. The van der Waals surface area contributed by atoms with Crippen molar-refractivity contribution in [1.82, 2.24) is 5.32 Å². The molecule has 17 heavy (non-hydrogen) atoms. The number of carbonyl (C=O) groups excluding carboxylic acids is 1. The minimum absolute atomic E-state index is 0.0250. The van der Waals surface area contributed by atoms with E-state index < -0.39 is 0 Å². The van der Waals surface area contributed by atoms with Crippen LogP contribution in [0.25, 0.3) is 0 Å². The van der Waals surface area contributed by atoms with Gasteiger partial charge in [-0.15, -0.1) is 11.8 Å². The van der Waals surface area contributed by atoms with Gasteiger partial charge in [-0.1, -0.05) is 19.3 Å². The van der Waals surface area contributed by atoms with E-state index in [2.05, 4.69) is 5.32 Å². The summed E-state index contributed by atoms with van der Waals surface area (Å²) in [5.74, 6) is 1.21. The molecule has 3 atom stereocenters. The first-order valence-electron chi connectivity index (χ1n) is 6.75. The maximum atomic E-state index is 12.3. The molecule has 0 bridgehead atoms. The SMILES string of the molecule is CC1(C(=O)NC2CCCCCC2O)CCCS1. The summed E-state index contributed by atoms with van der Waals surface area (Å²) < 4.78 is -0.258. The van der Waals surface area contributed by atoms with E-state index in [0.29, 0.717) is 0 Å². The quantitative estimate of drug-likeness (QED) is 0.745. The van der Waals surface area contributed by atoms with Gasteiger partial charge in [-0.2, -0.15) is 0 Å². The standard InChI is InChI=1S/C13H23NO2S/c1-13(8-5-9-17-13)12(16)14-10-6-3-2-4-7-11(10)15/h10-11,15H,2-9H2,1H3,(H,14,16). The van der Waals surface area contributed by atoms with Gasteiger partial charge in [-0.05, 0) is 38.4 Å². The number of rotatable bonds is 2. The number of carbonyl (C=O) groups is 1. The monoisotopic (exact) mass is 257 g/mol. The van der Waals surface area contributed by atoms with E-state index in [1.807, 2.05) is 6.92 Å². The normalized spacial score (nSPS) is 38.7. The van der Waals surface area contributed by atoms with Crippen LogP contribution in [0, 0.1) is 0 Å². The van der Waals surface area contributed by atoms with Crippen LogP contribution in [0.1, 0.15) is 51.9 Å². The van der Waals surface area contributed by atoms with Crippen molar-refractivity contribution < 1.29 is 9.90 Å². The molecule has 0 aromatic carbocycles. The third-order valence-corrected chi connectivity index (χ3v) is 5.51. The fourth-order valence-electron chi connectivity index (χ4n) is 2.74. The second-order valence-electron chi connectivity index (χ2n) is 5.47. The van der Waals surface area contributed by atoms with Crippen LogP contribution < -0.4 is 5.32 Å². The second kappa shape index (κ2) is 5.61. The van der Waals surface area contributed by atoms with E-state index in [1.165, 1.54) is 6.42 Å². The van der Waals surface area contributed by atoms with E-state index in [-0.39, 0.29) is 22.8 Å². The molecule has 0 radical (unpaired) electrons. The Balaban J connectivity index is 1.92. The third kappa shape index (κ3) is 3.16. The van der Waals surface area contributed by atoms with Crippen molar-refractivity contribution >= 4 is 17.7 Å². The fraction of sp³-hybridized carbons (Fsp3) is 0.923. The van der Waals surface area contributed by atoms with Gasteiger partial charge in [0, 0.05) is 0 Å². The van der Waals surface area contributed by atoms with Gasteiger partial charge in [0.05, 0.1) is 16.9 Å². The Kier molecular flexibility index (Phi) is 4.36. The van der Waals surface area contributed by atoms with Gasteiger partial charge < -0.3 is 10.4 Å². The zero-order chi connectivity index (χ0) is 12.3. The topological polar surface area (TPSA) is 49.3 Å². The third-order valence-electron chi connectivity index (χ3n) is 4.00. The average Bonchev–Trinajstić information content (AvgIpc) is 2.65. The van der Waals surface area contributed by atoms with Gasteiger partial charge in [-0.25, -0.2) is 0 Å². The summed E-state index contributed by atoms with van der Waals surface area (Å²) >= 11 is 1.75. The summed E-state index contributed by atoms with van der Waals surface area (Å²) in [5.41, 5.74) is 0. The molecule has 1 aliphatic heterocycles. The maximum absolute atomic E-state index is 12.3. The lowest BCUT2D eigenvalue weighted by Crippen LogP contribution is -2.49. The van der Waals surface area contributed by atoms with Gasteiger partial charge in [-0.3, -0.25) is 4.79 Å². The first kappa shape index (κ1) is 13.2. The van der Waals surface area contributed by atoms with Crippen molar-refractivity contribution in [3.63, 3.8) is 0 Å². The number of hydrogen-bond donors (Lipinski definition) is 2. The van der Waals surface area contributed by atoms with Crippen molar-refractivity contribution in [2.24, 2.45) is 0 Å². The minimum atomic E-state index is -0.351. The van der Waals surface area contributed by atoms with Crippen molar-refractivity contribution in [2.45, 2.75) is 68.8 Å². The van der Waals surface area contributed by atoms with Crippen LogP contribution in [0.5, 0.6) is 0 Å². The van der Waals surface area contributed by atoms with E-state index in [4.69, 9.17) is 0 Å². The van der Waals surface area contributed by atoms with Crippen LogP contribution in [-0.2, 0) is 4.79 Å². The van der Waals surface area contributed by atoms with Gasteiger partial charge >= 0.3 is 0 Å². The first-order chi connectivity index (χ1) is 8.12. The summed E-state index contributed by atoms with van der Waals surface area (Å²) in [7, 11) is 0. The molecule has 2 rings (SSSR count). The average molecular weight is 257 g/mol. The number of amides is 1. The number of aliphatic hydroxyl groups excluding tert-OH is 1. The molecule has 98 valence electrons. The van der Waals surface area contributed by atoms with Crippen molar-refractivity contribution in [1.29, 1.82) is 0 Å². The highest BCUT2D eigenvalue weighted by Crippen LogP contribution is 2.38. The zero-order valence-electron chi connectivity index (χ0n) is 10.6. The Labute approximate surface area is 108 Å². The molecule has 3 unspecified atom stereocenters. The highest BCUT2D eigenvalue weighted by atomic mass is 32.2. The molecular formula is C13H23NO2S. The molecule has 2 fully saturated rings. The molecular weight excluding hydrogens is 234 g/mol. The van der Waals surface area contributed by atoms with Gasteiger partial charge in [0.15, 0.2) is 0 Å². The molecule has 0 aromatic heterocycles.